The van der Waals surface area contributed by atoms with Crippen molar-refractivity contribution in [3.63, 3.8) is 0 Å². The van der Waals surface area contributed by atoms with Crippen LogP contribution in [0.2, 0.25) is 0 Å². The number of hydrogen-bond acceptors (Lipinski definition) is 7. The number of benzene rings is 3. The van der Waals surface area contributed by atoms with Gasteiger partial charge in [0, 0.05) is 24.8 Å². The highest BCUT2D eigenvalue weighted by Crippen LogP contribution is 2.32. The van der Waals surface area contributed by atoms with Crippen LogP contribution in [0, 0.1) is 0 Å². The summed E-state index contributed by atoms with van der Waals surface area (Å²) < 4.78 is 16.0. The van der Waals surface area contributed by atoms with Crippen molar-refractivity contribution >= 4 is 34.8 Å². The van der Waals surface area contributed by atoms with Crippen LogP contribution < -0.4 is 35.5 Å². The zero-order valence-corrected chi connectivity index (χ0v) is 19.8. The lowest BCUT2D eigenvalue weighted by atomic mass is 10.1. The molecule has 0 saturated carbocycles. The quantitative estimate of drug-likeness (QED) is 0.362. The Hall–Kier alpha value is -4.73. The summed E-state index contributed by atoms with van der Waals surface area (Å²) in [7, 11) is 1.49. The van der Waals surface area contributed by atoms with Crippen LogP contribution in [0.3, 0.4) is 0 Å². The number of carbonyl (C=O) groups is 3. The minimum atomic E-state index is -0.358. The Kier molecular flexibility index (Phi) is 7.54. The molecule has 10 heteroatoms. The minimum Gasteiger partial charge on any atom is -0.495 e. The average Bonchev–Trinajstić information content (AvgIpc) is 3.34. The summed E-state index contributed by atoms with van der Waals surface area (Å²) in [4.78, 5) is 36.8. The smallest absolute Gasteiger partial charge is 0.253 e. The Morgan fingerprint density at radius 1 is 0.917 bits per heavy atom. The molecule has 0 aromatic heterocycles. The van der Waals surface area contributed by atoms with E-state index >= 15 is 0 Å². The Balaban J connectivity index is 1.37. The summed E-state index contributed by atoms with van der Waals surface area (Å²) in [6.07, 6.45) is 0. The van der Waals surface area contributed by atoms with Gasteiger partial charge < -0.3 is 35.5 Å². The Morgan fingerprint density at radius 2 is 1.72 bits per heavy atom. The first-order chi connectivity index (χ1) is 17.4. The van der Waals surface area contributed by atoms with E-state index in [1.807, 2.05) is 12.1 Å². The second-order valence-electron chi connectivity index (χ2n) is 7.91. The molecule has 0 aliphatic carbocycles. The molecule has 186 valence electrons. The van der Waals surface area contributed by atoms with Gasteiger partial charge in [0.05, 0.1) is 24.9 Å². The molecule has 4 rings (SSSR count). The van der Waals surface area contributed by atoms with E-state index in [0.29, 0.717) is 46.4 Å². The van der Waals surface area contributed by atoms with E-state index in [0.717, 1.165) is 5.56 Å². The fourth-order valence-electron chi connectivity index (χ4n) is 3.62. The fourth-order valence-corrected chi connectivity index (χ4v) is 3.62. The number of hydrogen-bond donors (Lipinski definition) is 4. The van der Waals surface area contributed by atoms with Gasteiger partial charge in [0.1, 0.15) is 5.75 Å². The van der Waals surface area contributed by atoms with E-state index in [1.54, 1.807) is 48.5 Å². The van der Waals surface area contributed by atoms with Crippen LogP contribution in [-0.2, 0) is 16.1 Å². The third-order valence-electron chi connectivity index (χ3n) is 5.30. The van der Waals surface area contributed by atoms with Crippen molar-refractivity contribution < 1.29 is 28.6 Å². The molecule has 0 atom stereocenters. The molecule has 36 heavy (non-hydrogen) atoms. The average molecular weight is 491 g/mol. The van der Waals surface area contributed by atoms with Crippen molar-refractivity contribution in [2.75, 3.05) is 36.4 Å². The predicted molar refractivity (Wildman–Crippen MR) is 135 cm³/mol. The molecule has 3 aromatic carbocycles. The number of rotatable bonds is 9. The second kappa shape index (κ2) is 11.1. The van der Waals surface area contributed by atoms with E-state index in [-0.39, 0.29) is 31.1 Å². The molecule has 0 saturated heterocycles. The van der Waals surface area contributed by atoms with Crippen LogP contribution in [-0.4, -0.2) is 38.2 Å². The Labute approximate surface area is 207 Å². The van der Waals surface area contributed by atoms with Crippen molar-refractivity contribution in [1.82, 2.24) is 5.32 Å². The van der Waals surface area contributed by atoms with Crippen LogP contribution >= 0.6 is 0 Å². The molecule has 1 aliphatic rings. The van der Waals surface area contributed by atoms with Gasteiger partial charge in [-0.1, -0.05) is 18.2 Å². The normalized spacial score (nSPS) is 11.4. The van der Waals surface area contributed by atoms with Gasteiger partial charge in [-0.25, -0.2) is 0 Å². The number of fused-ring (bicyclic) bond motifs is 1. The van der Waals surface area contributed by atoms with Gasteiger partial charge in [0.25, 0.3) is 5.91 Å². The topological polar surface area (TPSA) is 127 Å². The lowest BCUT2D eigenvalue weighted by Gasteiger charge is -2.14. The molecule has 0 radical (unpaired) electrons. The maximum Gasteiger partial charge on any atom is 0.253 e. The number of nitrogens with one attached hydrogen (secondary N) is 4. The molecule has 3 amide bonds. The van der Waals surface area contributed by atoms with Crippen LogP contribution in [0.1, 0.15) is 22.8 Å². The van der Waals surface area contributed by atoms with Gasteiger partial charge in [-0.2, -0.15) is 0 Å². The van der Waals surface area contributed by atoms with Gasteiger partial charge in [0.15, 0.2) is 11.5 Å². The third-order valence-corrected chi connectivity index (χ3v) is 5.30. The molecule has 0 bridgehead atoms. The van der Waals surface area contributed by atoms with Crippen molar-refractivity contribution in [3.05, 3.63) is 71.8 Å². The summed E-state index contributed by atoms with van der Waals surface area (Å²) in [5.74, 6) is 0.893. The number of amides is 3. The summed E-state index contributed by atoms with van der Waals surface area (Å²) in [5, 5.41) is 11.3. The van der Waals surface area contributed by atoms with Crippen molar-refractivity contribution in [3.8, 4) is 17.2 Å². The largest absolute Gasteiger partial charge is 0.495 e. The number of ether oxygens (including phenoxy) is 3. The Bertz CT molecular complexity index is 1290. The van der Waals surface area contributed by atoms with E-state index in [9.17, 15) is 14.4 Å². The summed E-state index contributed by atoms with van der Waals surface area (Å²) in [6, 6.07) is 17.3. The van der Waals surface area contributed by atoms with Crippen LogP contribution in [0.4, 0.5) is 17.1 Å². The maximum atomic E-state index is 12.9. The summed E-state index contributed by atoms with van der Waals surface area (Å²) >= 11 is 0. The highest BCUT2D eigenvalue weighted by Gasteiger charge is 2.16. The number of methoxy groups -OCH3 is 1. The van der Waals surface area contributed by atoms with Crippen LogP contribution in [0.5, 0.6) is 17.2 Å². The van der Waals surface area contributed by atoms with E-state index in [4.69, 9.17) is 14.2 Å². The molecule has 4 N–H and O–H groups in total. The third kappa shape index (κ3) is 6.03. The second-order valence-corrected chi connectivity index (χ2v) is 7.91. The first kappa shape index (κ1) is 24.4. The van der Waals surface area contributed by atoms with E-state index in [2.05, 4.69) is 21.3 Å². The van der Waals surface area contributed by atoms with E-state index in [1.165, 1.54) is 14.0 Å². The zero-order valence-electron chi connectivity index (χ0n) is 19.8. The fraction of sp³-hybridized carbons (Fsp3) is 0.192. The van der Waals surface area contributed by atoms with Crippen molar-refractivity contribution in [1.29, 1.82) is 0 Å². The first-order valence-corrected chi connectivity index (χ1v) is 11.2. The van der Waals surface area contributed by atoms with Crippen LogP contribution in [0.15, 0.2) is 60.7 Å². The molecule has 1 aliphatic heterocycles. The summed E-state index contributed by atoms with van der Waals surface area (Å²) in [5.41, 5.74) is 2.71. The lowest BCUT2D eigenvalue weighted by molar-refractivity contribution is -0.115. The number of carbonyl (C=O) groups excluding carboxylic acids is 3. The van der Waals surface area contributed by atoms with E-state index < -0.39 is 0 Å². The van der Waals surface area contributed by atoms with Gasteiger partial charge in [-0.3, -0.25) is 14.4 Å². The van der Waals surface area contributed by atoms with Crippen LogP contribution in [0.25, 0.3) is 0 Å². The highest BCUT2D eigenvalue weighted by atomic mass is 16.7. The maximum absolute atomic E-state index is 12.9. The SMILES string of the molecule is COc1ccc(NC(C)=O)cc1NC(=O)CNc1ccccc1C(=O)NCc1ccc2c(c1)OCO2. The number of para-hydroxylation sites is 1. The molecule has 3 aromatic rings. The standard InChI is InChI=1S/C26H26N4O6/c1-16(31)29-18-8-10-22(34-2)21(12-18)30-25(32)14-27-20-6-4-3-5-19(20)26(33)28-13-17-7-9-23-24(11-17)36-15-35-23/h3-12,27H,13-15H2,1-2H3,(H,28,33)(H,29,31)(H,30,32). The monoisotopic (exact) mass is 490 g/mol. The lowest BCUT2D eigenvalue weighted by Crippen LogP contribution is -2.26. The minimum absolute atomic E-state index is 0.0972. The molecular weight excluding hydrogens is 464 g/mol. The van der Waals surface area contributed by atoms with Gasteiger partial charge >= 0.3 is 0 Å². The first-order valence-electron chi connectivity index (χ1n) is 11.2. The predicted octanol–water partition coefficient (Wildman–Crippen LogP) is 3.36. The van der Waals surface area contributed by atoms with Gasteiger partial charge in [0.2, 0.25) is 18.6 Å². The molecule has 0 fully saturated rings. The summed E-state index contributed by atoms with van der Waals surface area (Å²) in [6.45, 7) is 1.79. The number of anilines is 3. The highest BCUT2D eigenvalue weighted by molar-refractivity contribution is 6.01. The molecule has 10 nitrogen and oxygen atoms in total. The molecule has 0 unspecified atom stereocenters. The van der Waals surface area contributed by atoms with Crippen molar-refractivity contribution in [2.45, 2.75) is 13.5 Å². The zero-order chi connectivity index (χ0) is 25.5. The molecular formula is C26H26N4O6. The Morgan fingerprint density at radius 3 is 2.53 bits per heavy atom. The van der Waals surface area contributed by atoms with Gasteiger partial charge in [-0.05, 0) is 48.0 Å². The van der Waals surface area contributed by atoms with Crippen molar-refractivity contribution in [2.24, 2.45) is 0 Å². The molecule has 0 spiro atoms. The van der Waals surface area contributed by atoms with Gasteiger partial charge in [-0.15, -0.1) is 0 Å². The molecule has 1 heterocycles.